The predicted octanol–water partition coefficient (Wildman–Crippen LogP) is 2.06. The van der Waals surface area contributed by atoms with Crippen LogP contribution in [0.3, 0.4) is 0 Å². The molecule has 0 bridgehead atoms. The van der Waals surface area contributed by atoms with E-state index in [0.29, 0.717) is 17.6 Å². The summed E-state index contributed by atoms with van der Waals surface area (Å²) in [6, 6.07) is 2.98. The first kappa shape index (κ1) is 15.3. The standard InChI is InChI=1S/C13H16ClNO4/c1-8(2)15-12(17)7-19-13-10(14)4-9(6-16)5-11(13)18-3/h4-6,8H,7H2,1-3H3,(H,15,17). The van der Waals surface area contributed by atoms with Gasteiger partial charge in [-0.05, 0) is 26.0 Å². The molecule has 1 aromatic rings. The van der Waals surface area contributed by atoms with Crippen molar-refractivity contribution in [2.24, 2.45) is 0 Å². The Labute approximate surface area is 116 Å². The van der Waals surface area contributed by atoms with E-state index < -0.39 is 0 Å². The fraction of sp³-hybridized carbons (Fsp3) is 0.385. The molecule has 0 atom stereocenters. The molecular weight excluding hydrogens is 270 g/mol. The van der Waals surface area contributed by atoms with Gasteiger partial charge in [-0.25, -0.2) is 0 Å². The summed E-state index contributed by atoms with van der Waals surface area (Å²) >= 11 is 5.99. The Bertz CT molecular complexity index is 474. The number of aldehydes is 1. The van der Waals surface area contributed by atoms with E-state index in [1.165, 1.54) is 19.2 Å². The maximum absolute atomic E-state index is 11.5. The summed E-state index contributed by atoms with van der Waals surface area (Å²) in [6.07, 6.45) is 0.656. The van der Waals surface area contributed by atoms with Crippen LogP contribution in [-0.4, -0.2) is 32.0 Å². The van der Waals surface area contributed by atoms with Crippen molar-refractivity contribution in [1.82, 2.24) is 5.32 Å². The molecule has 0 heterocycles. The molecular formula is C13H16ClNO4. The highest BCUT2D eigenvalue weighted by molar-refractivity contribution is 6.32. The SMILES string of the molecule is COc1cc(C=O)cc(Cl)c1OCC(=O)NC(C)C. The Morgan fingerprint density at radius 2 is 2.16 bits per heavy atom. The van der Waals surface area contributed by atoms with Crippen molar-refractivity contribution in [2.75, 3.05) is 13.7 Å². The number of carbonyl (C=O) groups is 2. The second kappa shape index (κ2) is 6.99. The first-order valence-corrected chi connectivity index (χ1v) is 6.10. The maximum Gasteiger partial charge on any atom is 0.258 e. The van der Waals surface area contributed by atoms with E-state index in [-0.39, 0.29) is 29.3 Å². The minimum atomic E-state index is -0.257. The van der Waals surface area contributed by atoms with Crippen LogP contribution in [-0.2, 0) is 4.79 Å². The molecule has 0 aliphatic rings. The van der Waals surface area contributed by atoms with Crippen LogP contribution in [0.25, 0.3) is 0 Å². The van der Waals surface area contributed by atoms with Gasteiger partial charge in [0.05, 0.1) is 12.1 Å². The van der Waals surface area contributed by atoms with Gasteiger partial charge in [-0.3, -0.25) is 9.59 Å². The lowest BCUT2D eigenvalue weighted by Crippen LogP contribution is -2.34. The number of ether oxygens (including phenoxy) is 2. The zero-order valence-corrected chi connectivity index (χ0v) is 11.8. The highest BCUT2D eigenvalue weighted by atomic mass is 35.5. The molecule has 0 radical (unpaired) electrons. The number of methoxy groups -OCH3 is 1. The zero-order chi connectivity index (χ0) is 14.4. The number of halogens is 1. The highest BCUT2D eigenvalue weighted by Gasteiger charge is 2.13. The third kappa shape index (κ3) is 4.44. The molecule has 0 unspecified atom stereocenters. The summed E-state index contributed by atoms with van der Waals surface area (Å²) in [7, 11) is 1.43. The van der Waals surface area contributed by atoms with E-state index >= 15 is 0 Å². The fourth-order valence-corrected chi connectivity index (χ4v) is 1.72. The smallest absolute Gasteiger partial charge is 0.258 e. The van der Waals surface area contributed by atoms with Crippen LogP contribution >= 0.6 is 11.6 Å². The highest BCUT2D eigenvalue weighted by Crippen LogP contribution is 2.35. The Hall–Kier alpha value is -1.75. The quantitative estimate of drug-likeness (QED) is 0.813. The lowest BCUT2D eigenvalue weighted by molar-refractivity contribution is -0.123. The summed E-state index contributed by atoms with van der Waals surface area (Å²) in [5.41, 5.74) is 0.376. The van der Waals surface area contributed by atoms with Gasteiger partial charge < -0.3 is 14.8 Å². The second-order valence-corrected chi connectivity index (χ2v) is 4.57. The van der Waals surface area contributed by atoms with Gasteiger partial charge in [-0.1, -0.05) is 11.6 Å². The minimum absolute atomic E-state index is 0.0332. The molecule has 1 N–H and O–H groups in total. The molecule has 1 aromatic carbocycles. The number of hydrogen-bond donors (Lipinski definition) is 1. The summed E-state index contributed by atoms with van der Waals surface area (Å²) in [6.45, 7) is 3.53. The van der Waals surface area contributed by atoms with Crippen LogP contribution in [0.1, 0.15) is 24.2 Å². The van der Waals surface area contributed by atoms with Crippen LogP contribution in [0.2, 0.25) is 5.02 Å². The van der Waals surface area contributed by atoms with Gasteiger partial charge in [-0.15, -0.1) is 0 Å². The van der Waals surface area contributed by atoms with Gasteiger partial charge >= 0.3 is 0 Å². The molecule has 1 amide bonds. The van der Waals surface area contributed by atoms with Gasteiger partial charge in [0.2, 0.25) is 0 Å². The number of rotatable bonds is 6. The summed E-state index contributed by atoms with van der Waals surface area (Å²) in [4.78, 5) is 22.2. The predicted molar refractivity (Wildman–Crippen MR) is 72.2 cm³/mol. The van der Waals surface area contributed by atoms with Gasteiger partial charge in [0.1, 0.15) is 6.29 Å². The van der Waals surface area contributed by atoms with Crippen LogP contribution in [0.5, 0.6) is 11.5 Å². The minimum Gasteiger partial charge on any atom is -0.493 e. The molecule has 0 spiro atoms. The van der Waals surface area contributed by atoms with Crippen LogP contribution in [0.15, 0.2) is 12.1 Å². The molecule has 6 heteroatoms. The Morgan fingerprint density at radius 3 is 2.68 bits per heavy atom. The molecule has 104 valence electrons. The number of benzene rings is 1. The number of hydrogen-bond acceptors (Lipinski definition) is 4. The van der Waals surface area contributed by atoms with Crippen molar-refractivity contribution in [3.05, 3.63) is 22.7 Å². The van der Waals surface area contributed by atoms with Crippen LogP contribution < -0.4 is 14.8 Å². The Kier molecular flexibility index (Phi) is 5.63. The second-order valence-electron chi connectivity index (χ2n) is 4.16. The summed E-state index contributed by atoms with van der Waals surface area (Å²) in [5.74, 6) is 0.299. The van der Waals surface area contributed by atoms with Crippen molar-refractivity contribution >= 4 is 23.8 Å². The Balaban J connectivity index is 2.83. The monoisotopic (exact) mass is 285 g/mol. The molecule has 0 saturated heterocycles. The van der Waals surface area contributed by atoms with Gasteiger partial charge in [0, 0.05) is 11.6 Å². The van der Waals surface area contributed by atoms with E-state index in [2.05, 4.69) is 5.32 Å². The number of amides is 1. The molecule has 0 aliphatic carbocycles. The maximum atomic E-state index is 11.5. The van der Waals surface area contributed by atoms with Crippen molar-refractivity contribution in [3.63, 3.8) is 0 Å². The largest absolute Gasteiger partial charge is 0.493 e. The summed E-state index contributed by atoms with van der Waals surface area (Å²) in [5, 5.41) is 2.91. The van der Waals surface area contributed by atoms with Crippen molar-refractivity contribution in [1.29, 1.82) is 0 Å². The van der Waals surface area contributed by atoms with Crippen molar-refractivity contribution in [3.8, 4) is 11.5 Å². The average Bonchev–Trinajstić information content (AvgIpc) is 2.35. The van der Waals surface area contributed by atoms with Crippen molar-refractivity contribution in [2.45, 2.75) is 19.9 Å². The zero-order valence-electron chi connectivity index (χ0n) is 11.0. The molecule has 1 rings (SSSR count). The molecule has 0 aliphatic heterocycles. The molecule has 0 fully saturated rings. The van der Waals surface area contributed by atoms with E-state index in [1.807, 2.05) is 13.8 Å². The first-order chi connectivity index (χ1) is 8.97. The Morgan fingerprint density at radius 1 is 1.47 bits per heavy atom. The van der Waals surface area contributed by atoms with Gasteiger partial charge in [0.25, 0.3) is 5.91 Å². The van der Waals surface area contributed by atoms with Crippen LogP contribution in [0.4, 0.5) is 0 Å². The molecule has 19 heavy (non-hydrogen) atoms. The van der Waals surface area contributed by atoms with Crippen molar-refractivity contribution < 1.29 is 19.1 Å². The van der Waals surface area contributed by atoms with E-state index in [4.69, 9.17) is 21.1 Å². The average molecular weight is 286 g/mol. The van der Waals surface area contributed by atoms with Gasteiger partial charge in [-0.2, -0.15) is 0 Å². The van der Waals surface area contributed by atoms with Gasteiger partial charge in [0.15, 0.2) is 18.1 Å². The number of carbonyl (C=O) groups excluding carboxylic acids is 2. The third-order valence-corrected chi connectivity index (χ3v) is 2.47. The fourth-order valence-electron chi connectivity index (χ4n) is 1.45. The van der Waals surface area contributed by atoms with E-state index in [0.717, 1.165) is 0 Å². The van der Waals surface area contributed by atoms with E-state index in [1.54, 1.807) is 0 Å². The lowest BCUT2D eigenvalue weighted by atomic mass is 10.2. The lowest BCUT2D eigenvalue weighted by Gasteiger charge is -2.13. The number of nitrogens with one attached hydrogen (secondary N) is 1. The van der Waals surface area contributed by atoms with Crippen LogP contribution in [0, 0.1) is 0 Å². The first-order valence-electron chi connectivity index (χ1n) is 5.72. The topological polar surface area (TPSA) is 64.6 Å². The van der Waals surface area contributed by atoms with E-state index in [9.17, 15) is 9.59 Å². The molecule has 0 aromatic heterocycles. The molecule has 5 nitrogen and oxygen atoms in total. The molecule has 0 saturated carbocycles. The normalized spacial score (nSPS) is 10.2. The third-order valence-electron chi connectivity index (χ3n) is 2.19. The summed E-state index contributed by atoms with van der Waals surface area (Å²) < 4.78 is 10.4.